The van der Waals surface area contributed by atoms with Gasteiger partial charge in [0.1, 0.15) is 0 Å². The van der Waals surface area contributed by atoms with Gasteiger partial charge in [-0.25, -0.2) is 4.79 Å². The van der Waals surface area contributed by atoms with E-state index in [1.807, 2.05) is 0 Å². The van der Waals surface area contributed by atoms with Crippen LogP contribution in [0, 0.1) is 0 Å². The van der Waals surface area contributed by atoms with Gasteiger partial charge >= 0.3 is 6.16 Å². The van der Waals surface area contributed by atoms with E-state index in [0.717, 1.165) is 12.8 Å². The maximum atomic E-state index is 12.0. The van der Waals surface area contributed by atoms with Crippen molar-refractivity contribution in [2.45, 2.75) is 90.8 Å². The van der Waals surface area contributed by atoms with Crippen LogP contribution in [0.3, 0.4) is 0 Å². The molecule has 0 rings (SSSR count). The third-order valence-corrected chi connectivity index (χ3v) is 10.1. The van der Waals surface area contributed by atoms with Gasteiger partial charge in [-0.05, 0) is 23.0 Å². The fourth-order valence-electron chi connectivity index (χ4n) is 3.21. The summed E-state index contributed by atoms with van der Waals surface area (Å²) in [7, 11) is -2.14. The van der Waals surface area contributed by atoms with Gasteiger partial charge in [0.05, 0.1) is 6.61 Å². The molecule has 0 fully saturated rings. The number of unbranched alkanes of at least 4 members (excludes halogenated alkanes) is 3. The van der Waals surface area contributed by atoms with Crippen LogP contribution < -0.4 is 0 Å². The minimum Gasteiger partial charge on any atom is -0.488 e. The molecule has 0 aliphatic heterocycles. The SMILES string of the molecule is CCCCCCOC(=O)O[Si](C(C)C)(C(C)C)C(C)C. The topological polar surface area (TPSA) is 35.5 Å². The zero-order valence-electron chi connectivity index (χ0n) is 14.5. The molecule has 0 spiro atoms. The van der Waals surface area contributed by atoms with Crippen LogP contribution in [-0.2, 0) is 9.16 Å². The Morgan fingerprint density at radius 3 is 1.80 bits per heavy atom. The monoisotopic (exact) mass is 302 g/mol. The Bertz CT molecular complexity index is 253. The number of carbonyl (C=O) groups is 1. The average molecular weight is 303 g/mol. The lowest BCUT2D eigenvalue weighted by Crippen LogP contribution is -2.49. The molecule has 0 unspecified atom stereocenters. The summed E-state index contributed by atoms with van der Waals surface area (Å²) in [6.45, 7) is 15.7. The molecule has 0 aliphatic carbocycles. The molecule has 0 N–H and O–H groups in total. The average Bonchev–Trinajstić information content (AvgIpc) is 2.34. The second-order valence-corrected chi connectivity index (χ2v) is 12.0. The van der Waals surface area contributed by atoms with Crippen molar-refractivity contribution in [3.8, 4) is 0 Å². The molecule has 0 amide bonds. The van der Waals surface area contributed by atoms with Crippen molar-refractivity contribution in [1.82, 2.24) is 0 Å². The quantitative estimate of drug-likeness (QED) is 0.302. The second-order valence-electron chi connectivity index (χ2n) is 6.58. The summed E-state index contributed by atoms with van der Waals surface area (Å²) in [6.07, 6.45) is 3.98. The Kier molecular flexibility index (Phi) is 9.19. The van der Waals surface area contributed by atoms with Crippen LogP contribution in [0.5, 0.6) is 0 Å². The summed E-state index contributed by atoms with van der Waals surface area (Å²) >= 11 is 0. The van der Waals surface area contributed by atoms with Gasteiger partial charge in [0.25, 0.3) is 8.32 Å². The van der Waals surface area contributed by atoms with E-state index in [2.05, 4.69) is 48.5 Å². The Balaban J connectivity index is 4.48. The summed E-state index contributed by atoms with van der Waals surface area (Å²) in [5.41, 5.74) is 1.19. The summed E-state index contributed by atoms with van der Waals surface area (Å²) in [6, 6.07) is 0. The Hall–Kier alpha value is -0.513. The molecule has 0 saturated heterocycles. The lowest BCUT2D eigenvalue weighted by molar-refractivity contribution is 0.0912. The molecule has 120 valence electrons. The minimum atomic E-state index is -2.14. The fraction of sp³-hybridized carbons (Fsp3) is 0.938. The summed E-state index contributed by atoms with van der Waals surface area (Å²) < 4.78 is 11.2. The van der Waals surface area contributed by atoms with Crippen LogP contribution in [-0.4, -0.2) is 21.1 Å². The number of hydrogen-bond donors (Lipinski definition) is 0. The van der Waals surface area contributed by atoms with Crippen molar-refractivity contribution in [2.75, 3.05) is 6.61 Å². The molecule has 20 heavy (non-hydrogen) atoms. The lowest BCUT2D eigenvalue weighted by atomic mass is 10.2. The zero-order chi connectivity index (χ0) is 15.8. The highest BCUT2D eigenvalue weighted by atomic mass is 28.4. The van der Waals surface area contributed by atoms with E-state index >= 15 is 0 Å². The van der Waals surface area contributed by atoms with Gasteiger partial charge in [-0.2, -0.15) is 0 Å². The van der Waals surface area contributed by atoms with Gasteiger partial charge in [0.15, 0.2) is 0 Å². The normalized spacial score (nSPS) is 12.3. The first-order chi connectivity index (χ1) is 9.28. The highest BCUT2D eigenvalue weighted by Gasteiger charge is 2.48. The van der Waals surface area contributed by atoms with Gasteiger partial charge in [0, 0.05) is 0 Å². The molecule has 0 aromatic heterocycles. The van der Waals surface area contributed by atoms with E-state index < -0.39 is 14.5 Å². The number of carbonyl (C=O) groups excluding carboxylic acids is 1. The molecular formula is C16H34O3Si. The second kappa shape index (κ2) is 9.43. The lowest BCUT2D eigenvalue weighted by Gasteiger charge is -2.40. The summed E-state index contributed by atoms with van der Waals surface area (Å²) in [5.74, 6) is 0. The summed E-state index contributed by atoms with van der Waals surface area (Å²) in [4.78, 5) is 12.0. The molecule has 0 atom stereocenters. The molecule has 0 aliphatic rings. The first-order valence-corrected chi connectivity index (χ1v) is 10.3. The first-order valence-electron chi connectivity index (χ1n) is 8.14. The van der Waals surface area contributed by atoms with Crippen molar-refractivity contribution in [2.24, 2.45) is 0 Å². The maximum absolute atomic E-state index is 12.0. The van der Waals surface area contributed by atoms with E-state index in [0.29, 0.717) is 23.2 Å². The van der Waals surface area contributed by atoms with Gasteiger partial charge < -0.3 is 9.16 Å². The van der Waals surface area contributed by atoms with E-state index in [-0.39, 0.29) is 0 Å². The summed E-state index contributed by atoms with van der Waals surface area (Å²) in [5, 5.41) is 0. The van der Waals surface area contributed by atoms with Crippen LogP contribution in [0.2, 0.25) is 16.6 Å². The maximum Gasteiger partial charge on any atom is 0.494 e. The number of ether oxygens (including phenoxy) is 1. The van der Waals surface area contributed by atoms with Crippen molar-refractivity contribution in [3.63, 3.8) is 0 Å². The predicted molar refractivity (Wildman–Crippen MR) is 87.6 cm³/mol. The third kappa shape index (κ3) is 5.47. The van der Waals surface area contributed by atoms with Gasteiger partial charge in [-0.1, -0.05) is 67.7 Å². The smallest absolute Gasteiger partial charge is 0.488 e. The molecular weight excluding hydrogens is 268 g/mol. The van der Waals surface area contributed by atoms with Crippen molar-refractivity contribution in [1.29, 1.82) is 0 Å². The van der Waals surface area contributed by atoms with Crippen molar-refractivity contribution < 1.29 is 14.0 Å². The highest BCUT2D eigenvalue weighted by molar-refractivity contribution is 6.78. The van der Waals surface area contributed by atoms with Crippen LogP contribution in [0.15, 0.2) is 0 Å². The van der Waals surface area contributed by atoms with E-state index in [1.54, 1.807) is 0 Å². The zero-order valence-corrected chi connectivity index (χ0v) is 15.5. The molecule has 0 saturated carbocycles. The molecule has 0 aromatic carbocycles. The molecule has 0 radical (unpaired) electrons. The third-order valence-electron chi connectivity index (χ3n) is 4.19. The first kappa shape index (κ1) is 19.5. The van der Waals surface area contributed by atoms with E-state index in [9.17, 15) is 4.79 Å². The molecule has 4 heteroatoms. The molecule has 0 bridgehead atoms. The number of hydrogen-bond acceptors (Lipinski definition) is 3. The standard InChI is InChI=1S/C16H34O3Si/c1-8-9-10-11-12-18-16(17)19-20(13(2)3,14(4)5)15(6)7/h13-15H,8-12H2,1-7H3. The Morgan fingerprint density at radius 2 is 1.40 bits per heavy atom. The fourth-order valence-corrected chi connectivity index (χ4v) is 8.27. The van der Waals surface area contributed by atoms with Crippen LogP contribution >= 0.6 is 0 Å². The molecule has 3 nitrogen and oxygen atoms in total. The molecule has 0 aromatic rings. The number of rotatable bonds is 9. The largest absolute Gasteiger partial charge is 0.494 e. The van der Waals surface area contributed by atoms with E-state index in [4.69, 9.17) is 9.16 Å². The van der Waals surface area contributed by atoms with Gasteiger partial charge in [0.2, 0.25) is 0 Å². The van der Waals surface area contributed by atoms with Crippen molar-refractivity contribution in [3.05, 3.63) is 0 Å². The minimum absolute atomic E-state index is 0.398. The van der Waals surface area contributed by atoms with Crippen LogP contribution in [0.25, 0.3) is 0 Å². The van der Waals surface area contributed by atoms with Gasteiger partial charge in [-0.15, -0.1) is 0 Å². The van der Waals surface area contributed by atoms with Crippen LogP contribution in [0.4, 0.5) is 4.79 Å². The predicted octanol–water partition coefficient (Wildman–Crippen LogP) is 5.90. The highest BCUT2D eigenvalue weighted by Crippen LogP contribution is 2.42. The van der Waals surface area contributed by atoms with E-state index in [1.165, 1.54) is 12.8 Å². The van der Waals surface area contributed by atoms with Crippen LogP contribution in [0.1, 0.15) is 74.1 Å². The Labute approximate surface area is 126 Å². The Morgan fingerprint density at radius 1 is 0.900 bits per heavy atom. The van der Waals surface area contributed by atoms with Crippen molar-refractivity contribution >= 4 is 14.5 Å². The van der Waals surface area contributed by atoms with Gasteiger partial charge in [-0.3, -0.25) is 0 Å². The molecule has 0 heterocycles.